The van der Waals surface area contributed by atoms with E-state index in [0.29, 0.717) is 24.5 Å². The van der Waals surface area contributed by atoms with Gasteiger partial charge in [-0.05, 0) is 68.4 Å². The third-order valence-electron chi connectivity index (χ3n) is 5.43. The summed E-state index contributed by atoms with van der Waals surface area (Å²) >= 11 is 0. The summed E-state index contributed by atoms with van der Waals surface area (Å²) in [4.78, 5) is 20.4. The molecule has 1 aromatic heterocycles. The molecule has 4 N–H and O–H groups in total. The molecule has 3 rings (SSSR count). The number of ether oxygens (including phenoxy) is 1. The molecular weight excluding hydrogens is 475 g/mol. The van der Waals surface area contributed by atoms with Crippen LogP contribution in [0.1, 0.15) is 50.5 Å². The van der Waals surface area contributed by atoms with Crippen LogP contribution in [0.15, 0.2) is 41.6 Å². The van der Waals surface area contributed by atoms with Crippen molar-refractivity contribution in [3.63, 3.8) is 0 Å². The molecule has 1 aliphatic rings. The molecule has 0 bridgehead atoms. The molecule has 2 aromatic rings. The van der Waals surface area contributed by atoms with E-state index >= 15 is 0 Å². The summed E-state index contributed by atoms with van der Waals surface area (Å²) in [5, 5.41) is 10.3. The van der Waals surface area contributed by atoms with Gasteiger partial charge < -0.3 is 15.4 Å². The molecule has 9 nitrogen and oxygen atoms in total. The van der Waals surface area contributed by atoms with E-state index in [-0.39, 0.29) is 16.9 Å². The smallest absolute Gasteiger partial charge is 0.407 e. The van der Waals surface area contributed by atoms with E-state index in [9.17, 15) is 26.4 Å². The zero-order chi connectivity index (χ0) is 24.9. The number of hydrogen-bond acceptors (Lipinski definition) is 7. The van der Waals surface area contributed by atoms with E-state index in [1.54, 1.807) is 24.5 Å². The fraction of sp³-hybridized carbons (Fsp3) is 0.476. The van der Waals surface area contributed by atoms with Gasteiger partial charge in [-0.15, -0.1) is 0 Å². The van der Waals surface area contributed by atoms with Gasteiger partial charge in [-0.1, -0.05) is 0 Å². The Morgan fingerprint density at radius 1 is 1.15 bits per heavy atom. The van der Waals surface area contributed by atoms with Gasteiger partial charge in [0.2, 0.25) is 16.0 Å². The maximum absolute atomic E-state index is 12.4. The maximum atomic E-state index is 12.4. The van der Waals surface area contributed by atoms with Crippen LogP contribution in [-0.4, -0.2) is 42.8 Å². The molecule has 1 fully saturated rings. The number of carbonyl (C=O) groups excluding carboxylic acids is 1. The van der Waals surface area contributed by atoms with E-state index in [0.717, 1.165) is 18.4 Å². The largest absolute Gasteiger partial charge is 0.446 e. The molecule has 0 unspecified atom stereocenters. The van der Waals surface area contributed by atoms with E-state index in [2.05, 4.69) is 20.6 Å². The van der Waals surface area contributed by atoms with Crippen molar-refractivity contribution in [2.45, 2.75) is 68.2 Å². The van der Waals surface area contributed by atoms with Crippen LogP contribution >= 0.6 is 0 Å². The van der Waals surface area contributed by atoms with Gasteiger partial charge in [-0.2, -0.15) is 13.2 Å². The van der Waals surface area contributed by atoms with Crippen molar-refractivity contribution in [1.29, 1.82) is 0 Å². The first-order chi connectivity index (χ1) is 15.9. The minimum atomic E-state index is -4.35. The Kier molecular flexibility index (Phi) is 7.97. The normalized spacial score (nSPS) is 19.8. The molecule has 13 heteroatoms. The second-order valence-corrected chi connectivity index (χ2v) is 9.84. The summed E-state index contributed by atoms with van der Waals surface area (Å²) < 4.78 is 65.0. The number of halogens is 3. The molecule has 1 atom stereocenters. The first-order valence-electron chi connectivity index (χ1n) is 10.6. The van der Waals surface area contributed by atoms with E-state index < -0.39 is 34.8 Å². The maximum Gasteiger partial charge on any atom is 0.407 e. The van der Waals surface area contributed by atoms with E-state index in [1.165, 1.54) is 19.1 Å². The minimum Gasteiger partial charge on any atom is -0.446 e. The van der Waals surface area contributed by atoms with Gasteiger partial charge in [0.1, 0.15) is 6.10 Å². The number of alkyl halides is 3. The zero-order valence-electron chi connectivity index (χ0n) is 18.4. The summed E-state index contributed by atoms with van der Waals surface area (Å²) in [7, 11) is -3.76. The van der Waals surface area contributed by atoms with Gasteiger partial charge >= 0.3 is 12.3 Å². The lowest BCUT2D eigenvalue weighted by Gasteiger charge is -2.28. The predicted molar refractivity (Wildman–Crippen MR) is 118 cm³/mol. The number of nitrogens with zero attached hydrogens (tertiary/aromatic N) is 2. The van der Waals surface area contributed by atoms with Crippen molar-refractivity contribution in [3.8, 4) is 0 Å². The third kappa shape index (κ3) is 7.83. The van der Waals surface area contributed by atoms with Crippen molar-refractivity contribution < 1.29 is 31.1 Å². The number of primary sulfonamides is 1. The van der Waals surface area contributed by atoms with Crippen molar-refractivity contribution in [1.82, 2.24) is 15.3 Å². The predicted octanol–water partition coefficient (Wildman–Crippen LogP) is 3.96. The van der Waals surface area contributed by atoms with Gasteiger partial charge in [0, 0.05) is 24.1 Å². The average molecular weight is 502 g/mol. The Morgan fingerprint density at radius 3 is 2.26 bits per heavy atom. The monoisotopic (exact) mass is 501 g/mol. The minimum absolute atomic E-state index is 0.00204. The van der Waals surface area contributed by atoms with Crippen LogP contribution in [0.3, 0.4) is 0 Å². The summed E-state index contributed by atoms with van der Waals surface area (Å²) in [6.07, 6.45) is -0.632. The summed E-state index contributed by atoms with van der Waals surface area (Å²) in [6.45, 7) is 1.28. The number of amides is 1. The van der Waals surface area contributed by atoms with Crippen LogP contribution in [-0.2, 0) is 14.8 Å². The average Bonchev–Trinajstić information content (AvgIpc) is 2.73. The summed E-state index contributed by atoms with van der Waals surface area (Å²) in [5.41, 5.74) is 1.53. The SMILES string of the molecule is C[C@@H](CC(F)(F)F)NC(=O)OC1CCC(c2cnc(Nc3ccc(S(N)(=O)=O)cc3)nc2)CC1. The first-order valence-corrected chi connectivity index (χ1v) is 12.2. The Morgan fingerprint density at radius 2 is 1.74 bits per heavy atom. The van der Waals surface area contributed by atoms with Crippen molar-refractivity contribution in [2.75, 3.05) is 5.32 Å². The lowest BCUT2D eigenvalue weighted by atomic mass is 9.84. The van der Waals surface area contributed by atoms with Gasteiger partial charge in [0.05, 0.1) is 11.3 Å². The first kappa shape index (κ1) is 25.7. The Balaban J connectivity index is 1.46. The molecule has 0 spiro atoms. The lowest BCUT2D eigenvalue weighted by Crippen LogP contribution is -2.38. The summed E-state index contributed by atoms with van der Waals surface area (Å²) in [6, 6.07) is 4.81. The molecule has 1 amide bonds. The van der Waals surface area contributed by atoms with Gasteiger partial charge in [0.15, 0.2) is 0 Å². The molecule has 1 saturated carbocycles. The zero-order valence-corrected chi connectivity index (χ0v) is 19.2. The summed E-state index contributed by atoms with van der Waals surface area (Å²) in [5.74, 6) is 0.518. The van der Waals surface area contributed by atoms with Crippen molar-refractivity contribution in [2.24, 2.45) is 5.14 Å². The molecule has 1 heterocycles. The number of nitrogens with one attached hydrogen (secondary N) is 2. The molecule has 1 aromatic carbocycles. The number of alkyl carbamates (subject to hydrolysis) is 1. The van der Waals surface area contributed by atoms with Gasteiger partial charge in [-0.25, -0.2) is 28.3 Å². The number of carbonyl (C=O) groups is 1. The Labute approximate surface area is 195 Å². The number of sulfonamides is 1. The molecule has 186 valence electrons. The molecular formula is C21H26F3N5O4S. The fourth-order valence-electron chi connectivity index (χ4n) is 3.77. The van der Waals surface area contributed by atoms with E-state index in [4.69, 9.17) is 9.88 Å². The number of nitrogens with two attached hydrogens (primary N) is 1. The number of rotatable bonds is 7. The topological polar surface area (TPSA) is 136 Å². The van der Waals surface area contributed by atoms with Crippen LogP contribution in [0.4, 0.5) is 29.6 Å². The van der Waals surface area contributed by atoms with Crippen LogP contribution in [0.2, 0.25) is 0 Å². The van der Waals surface area contributed by atoms with Crippen LogP contribution in [0.5, 0.6) is 0 Å². The van der Waals surface area contributed by atoms with Gasteiger partial charge in [0.25, 0.3) is 0 Å². The highest BCUT2D eigenvalue weighted by Gasteiger charge is 2.31. The third-order valence-corrected chi connectivity index (χ3v) is 6.36. The highest BCUT2D eigenvalue weighted by atomic mass is 32.2. The Hall–Kier alpha value is -2.93. The number of hydrogen-bond donors (Lipinski definition) is 3. The van der Waals surface area contributed by atoms with E-state index in [1.807, 2.05) is 0 Å². The second-order valence-electron chi connectivity index (χ2n) is 8.28. The number of aromatic nitrogens is 2. The highest BCUT2D eigenvalue weighted by molar-refractivity contribution is 7.89. The van der Waals surface area contributed by atoms with Crippen molar-refractivity contribution in [3.05, 3.63) is 42.2 Å². The lowest BCUT2D eigenvalue weighted by molar-refractivity contribution is -0.138. The fourth-order valence-corrected chi connectivity index (χ4v) is 4.28. The Bertz CT molecular complexity index is 1070. The number of anilines is 2. The van der Waals surface area contributed by atoms with Crippen LogP contribution in [0.25, 0.3) is 0 Å². The van der Waals surface area contributed by atoms with Gasteiger partial charge in [-0.3, -0.25) is 0 Å². The van der Waals surface area contributed by atoms with Crippen LogP contribution in [0, 0.1) is 0 Å². The molecule has 0 aliphatic heterocycles. The molecule has 0 radical (unpaired) electrons. The molecule has 34 heavy (non-hydrogen) atoms. The quantitative estimate of drug-likeness (QED) is 0.522. The second kappa shape index (κ2) is 10.6. The number of benzene rings is 1. The molecule has 0 saturated heterocycles. The van der Waals surface area contributed by atoms with Crippen molar-refractivity contribution >= 4 is 27.8 Å². The highest BCUT2D eigenvalue weighted by Crippen LogP contribution is 2.34. The standard InChI is InChI=1S/C21H26F3N5O4S/c1-13(10-21(22,23)24)28-20(30)33-17-6-2-14(3-7-17)15-11-26-19(27-12-15)29-16-4-8-18(9-5-16)34(25,31)32/h4-5,8-9,11-14,17H,2-3,6-7,10H2,1H3,(H,28,30)(H2,25,31,32)(H,26,27,29)/t13-,14?,17?/m0/s1. The molecule has 1 aliphatic carbocycles. The van der Waals surface area contributed by atoms with Crippen LogP contribution < -0.4 is 15.8 Å².